The molecule has 1 fully saturated rings. The predicted molar refractivity (Wildman–Crippen MR) is 102 cm³/mol. The Labute approximate surface area is 176 Å². The van der Waals surface area contributed by atoms with E-state index in [0.29, 0.717) is 24.6 Å². The second-order valence-electron chi connectivity index (χ2n) is 6.82. The monoisotopic (exact) mass is 495 g/mol. The Hall–Kier alpha value is -2.30. The molecular formula is C19H16BrF6N3O. The fraction of sp³-hybridized carbons (Fsp3) is 0.368. The molecule has 3 rings (SSSR count). The Balaban J connectivity index is 1.96. The number of halogens is 7. The van der Waals surface area contributed by atoms with Gasteiger partial charge in [0.05, 0.1) is 5.56 Å². The number of hydrogen-bond acceptors (Lipinski definition) is 3. The molecule has 1 aromatic heterocycles. The molecule has 1 atom stereocenters. The molecule has 1 aliphatic heterocycles. The van der Waals surface area contributed by atoms with E-state index >= 15 is 0 Å². The molecule has 30 heavy (non-hydrogen) atoms. The minimum absolute atomic E-state index is 0.0235. The summed E-state index contributed by atoms with van der Waals surface area (Å²) in [7, 11) is 1.50. The van der Waals surface area contributed by atoms with Crippen LogP contribution in [0, 0.1) is 0 Å². The number of alkyl halides is 6. The smallest absolute Gasteiger partial charge is 0.345 e. The second-order valence-corrected chi connectivity index (χ2v) is 7.74. The first-order valence-corrected chi connectivity index (χ1v) is 9.63. The second kappa shape index (κ2) is 8.09. The number of benzene rings is 1. The molecule has 0 bridgehead atoms. The quantitative estimate of drug-likeness (QED) is 0.526. The van der Waals surface area contributed by atoms with Gasteiger partial charge in [0.15, 0.2) is 0 Å². The van der Waals surface area contributed by atoms with Crippen LogP contribution in [0.2, 0.25) is 0 Å². The number of hydrogen-bond donors (Lipinski definition) is 0. The molecule has 1 amide bonds. The number of aromatic nitrogens is 1. The number of anilines is 2. The average molecular weight is 496 g/mol. The predicted octanol–water partition coefficient (Wildman–Crippen LogP) is 5.51. The molecule has 1 aromatic carbocycles. The highest BCUT2D eigenvalue weighted by molar-refractivity contribution is 9.10. The fourth-order valence-corrected chi connectivity index (χ4v) is 3.55. The largest absolute Gasteiger partial charge is 0.433 e. The Bertz CT molecular complexity index is 897. The summed E-state index contributed by atoms with van der Waals surface area (Å²) in [6.45, 7) is 0.121. The van der Waals surface area contributed by atoms with E-state index in [0.717, 1.165) is 4.47 Å². The van der Waals surface area contributed by atoms with Crippen LogP contribution in [-0.4, -0.2) is 30.5 Å². The van der Waals surface area contributed by atoms with Gasteiger partial charge in [0, 0.05) is 23.8 Å². The first-order valence-electron chi connectivity index (χ1n) is 8.84. The van der Waals surface area contributed by atoms with Gasteiger partial charge < -0.3 is 9.80 Å². The number of rotatable bonds is 3. The zero-order chi connectivity index (χ0) is 22.3. The van der Waals surface area contributed by atoms with Crippen molar-refractivity contribution >= 4 is 33.3 Å². The van der Waals surface area contributed by atoms with Gasteiger partial charge in [-0.15, -0.1) is 0 Å². The summed E-state index contributed by atoms with van der Waals surface area (Å²) in [6.07, 6.45) is -9.31. The normalized spacial score (nSPS) is 17.3. The number of pyridine rings is 1. The summed E-state index contributed by atoms with van der Waals surface area (Å²) < 4.78 is 79.7. The third kappa shape index (κ3) is 4.71. The topological polar surface area (TPSA) is 36.4 Å². The number of carbonyl (C=O) groups excluding carboxylic acids is 1. The first kappa shape index (κ1) is 22.4. The highest BCUT2D eigenvalue weighted by Gasteiger charge is 2.41. The fourth-order valence-electron chi connectivity index (χ4n) is 3.29. The van der Waals surface area contributed by atoms with Gasteiger partial charge in [0.2, 0.25) is 5.91 Å². The minimum Gasteiger partial charge on any atom is -0.345 e. The van der Waals surface area contributed by atoms with E-state index < -0.39 is 41.4 Å². The lowest BCUT2D eigenvalue weighted by Crippen LogP contribution is -2.45. The van der Waals surface area contributed by atoms with Crippen LogP contribution in [0.4, 0.5) is 37.8 Å². The zero-order valence-corrected chi connectivity index (χ0v) is 17.1. The van der Waals surface area contributed by atoms with E-state index in [1.165, 1.54) is 16.8 Å². The molecule has 162 valence electrons. The highest BCUT2D eigenvalue weighted by atomic mass is 79.9. The van der Waals surface area contributed by atoms with Crippen molar-refractivity contribution in [3.05, 3.63) is 52.1 Å². The zero-order valence-electron chi connectivity index (χ0n) is 15.6. The number of amides is 1. The molecule has 0 aliphatic carbocycles. The third-order valence-electron chi connectivity index (χ3n) is 4.81. The summed E-state index contributed by atoms with van der Waals surface area (Å²) in [5.41, 5.74) is -2.56. The maximum Gasteiger partial charge on any atom is 0.433 e. The van der Waals surface area contributed by atoms with Crippen molar-refractivity contribution in [3.8, 4) is 0 Å². The van der Waals surface area contributed by atoms with Crippen molar-refractivity contribution in [2.45, 2.75) is 31.2 Å². The van der Waals surface area contributed by atoms with E-state index in [1.807, 2.05) is 0 Å². The van der Waals surface area contributed by atoms with Crippen molar-refractivity contribution in [1.29, 1.82) is 0 Å². The molecule has 0 unspecified atom stereocenters. The lowest BCUT2D eigenvalue weighted by molar-refractivity contribution is -0.145. The summed E-state index contributed by atoms with van der Waals surface area (Å²) >= 11 is 3.28. The molecular weight excluding hydrogens is 480 g/mol. The van der Waals surface area contributed by atoms with E-state index in [4.69, 9.17) is 0 Å². The van der Waals surface area contributed by atoms with Gasteiger partial charge in [-0.05, 0) is 49.2 Å². The van der Waals surface area contributed by atoms with Crippen LogP contribution in [0.5, 0.6) is 0 Å². The van der Waals surface area contributed by atoms with Crippen LogP contribution in [0.3, 0.4) is 0 Å². The molecule has 4 nitrogen and oxygen atoms in total. The standard InChI is InChI=1S/C19H16BrF6N3O/c1-28(13-6-4-12(20)5-7-13)17(30)14-3-2-8-29(14)16-10-11(18(21,22)23)9-15(27-16)19(24,25)26/h4-7,9-10,14H,2-3,8H2,1H3/t14-/m0/s1. The minimum atomic E-state index is -5.05. The Kier molecular flexibility index (Phi) is 6.03. The Morgan fingerprint density at radius 3 is 2.30 bits per heavy atom. The van der Waals surface area contributed by atoms with E-state index in [-0.39, 0.29) is 12.6 Å². The van der Waals surface area contributed by atoms with Crippen molar-refractivity contribution < 1.29 is 31.1 Å². The number of likely N-dealkylation sites (N-methyl/N-ethyl adjacent to an activating group) is 1. The molecule has 1 saturated heterocycles. The molecule has 2 heterocycles. The summed E-state index contributed by atoms with van der Waals surface area (Å²) in [6, 6.07) is 6.39. The van der Waals surface area contributed by atoms with Crippen LogP contribution in [-0.2, 0) is 17.1 Å². The molecule has 0 radical (unpaired) electrons. The van der Waals surface area contributed by atoms with Crippen molar-refractivity contribution in [2.24, 2.45) is 0 Å². The maximum absolute atomic E-state index is 13.2. The summed E-state index contributed by atoms with van der Waals surface area (Å²) in [4.78, 5) is 18.9. The third-order valence-corrected chi connectivity index (χ3v) is 5.33. The van der Waals surface area contributed by atoms with Gasteiger partial charge >= 0.3 is 12.4 Å². The lowest BCUT2D eigenvalue weighted by Gasteiger charge is -2.29. The first-order chi connectivity index (χ1) is 13.9. The molecule has 1 aliphatic rings. The van der Waals surface area contributed by atoms with Gasteiger partial charge in [0.1, 0.15) is 17.6 Å². The number of carbonyl (C=O) groups is 1. The maximum atomic E-state index is 13.2. The summed E-state index contributed by atoms with van der Waals surface area (Å²) in [5.74, 6) is -0.959. The van der Waals surface area contributed by atoms with E-state index in [2.05, 4.69) is 20.9 Å². The summed E-state index contributed by atoms with van der Waals surface area (Å²) in [5, 5.41) is 0. The molecule has 2 aromatic rings. The number of nitrogens with zero attached hydrogens (tertiary/aromatic N) is 3. The molecule has 0 spiro atoms. The molecule has 0 N–H and O–H groups in total. The van der Waals surface area contributed by atoms with Gasteiger partial charge in [-0.2, -0.15) is 26.3 Å². The molecule has 0 saturated carbocycles. The highest BCUT2D eigenvalue weighted by Crippen LogP contribution is 2.38. The lowest BCUT2D eigenvalue weighted by atomic mass is 10.1. The van der Waals surface area contributed by atoms with Crippen LogP contribution in [0.1, 0.15) is 24.1 Å². The van der Waals surface area contributed by atoms with Gasteiger partial charge in [-0.25, -0.2) is 4.98 Å². The van der Waals surface area contributed by atoms with Crippen LogP contribution in [0.25, 0.3) is 0 Å². The SMILES string of the molecule is CN(C(=O)[C@@H]1CCCN1c1cc(C(F)(F)F)cc(C(F)(F)F)n1)c1ccc(Br)cc1. The Morgan fingerprint density at radius 1 is 1.10 bits per heavy atom. The van der Waals surface area contributed by atoms with Crippen molar-refractivity contribution in [2.75, 3.05) is 23.4 Å². The van der Waals surface area contributed by atoms with Crippen LogP contribution in [0.15, 0.2) is 40.9 Å². The van der Waals surface area contributed by atoms with Crippen molar-refractivity contribution in [3.63, 3.8) is 0 Å². The van der Waals surface area contributed by atoms with E-state index in [1.54, 1.807) is 24.3 Å². The van der Waals surface area contributed by atoms with Crippen LogP contribution >= 0.6 is 15.9 Å². The Morgan fingerprint density at radius 2 is 1.73 bits per heavy atom. The van der Waals surface area contributed by atoms with Gasteiger partial charge in [0.25, 0.3) is 0 Å². The average Bonchev–Trinajstić information content (AvgIpc) is 3.15. The van der Waals surface area contributed by atoms with Crippen LogP contribution < -0.4 is 9.80 Å². The van der Waals surface area contributed by atoms with Gasteiger partial charge in [-0.1, -0.05) is 15.9 Å². The van der Waals surface area contributed by atoms with E-state index in [9.17, 15) is 31.1 Å². The van der Waals surface area contributed by atoms with Gasteiger partial charge in [-0.3, -0.25) is 4.79 Å². The molecule has 11 heteroatoms. The van der Waals surface area contributed by atoms with Crippen molar-refractivity contribution in [1.82, 2.24) is 4.98 Å².